The van der Waals surface area contributed by atoms with Crippen LogP contribution in [0.3, 0.4) is 0 Å². The van der Waals surface area contributed by atoms with Crippen LogP contribution in [0.2, 0.25) is 0 Å². The van der Waals surface area contributed by atoms with E-state index in [2.05, 4.69) is 15.3 Å². The Morgan fingerprint density at radius 2 is 2.08 bits per heavy atom. The maximum atomic E-state index is 11.7. The van der Waals surface area contributed by atoms with Gasteiger partial charge in [0.25, 0.3) is 0 Å². The average molecular weight is 360 g/mol. The van der Waals surface area contributed by atoms with Gasteiger partial charge in [-0.25, -0.2) is 18.4 Å². The molecule has 3 rings (SSSR count). The first-order valence-corrected chi connectivity index (χ1v) is 9.79. The van der Waals surface area contributed by atoms with Crippen molar-refractivity contribution in [1.29, 1.82) is 0 Å². The van der Waals surface area contributed by atoms with Crippen LogP contribution in [0.5, 0.6) is 0 Å². The van der Waals surface area contributed by atoms with Crippen LogP contribution in [-0.2, 0) is 9.84 Å². The average Bonchev–Trinajstić information content (AvgIpc) is 2.94. The highest BCUT2D eigenvalue weighted by Gasteiger charge is 2.31. The highest BCUT2D eigenvalue weighted by atomic mass is 32.2. The minimum Gasteiger partial charge on any atom is -0.355 e. The summed E-state index contributed by atoms with van der Waals surface area (Å²) in [4.78, 5) is 21.8. The second kappa shape index (κ2) is 6.79. The summed E-state index contributed by atoms with van der Waals surface area (Å²) < 4.78 is 23.3. The van der Waals surface area contributed by atoms with Crippen LogP contribution < -0.4 is 10.2 Å². The topological polar surface area (TPSA) is 92.3 Å². The number of rotatable bonds is 5. The first-order chi connectivity index (χ1) is 11.8. The fraction of sp³-hybridized carbons (Fsp3) is 0.353. The largest absolute Gasteiger partial charge is 0.355 e. The molecule has 1 aromatic carbocycles. The Kier molecular flexibility index (Phi) is 4.71. The summed E-state index contributed by atoms with van der Waals surface area (Å²) in [5, 5.41) is 3.15. The Balaban J connectivity index is 1.78. The van der Waals surface area contributed by atoms with Gasteiger partial charge in [-0.3, -0.25) is 4.79 Å². The van der Waals surface area contributed by atoms with E-state index >= 15 is 0 Å². The molecule has 1 N–H and O–H groups in total. The molecule has 1 aliphatic rings. The zero-order chi connectivity index (χ0) is 18.0. The van der Waals surface area contributed by atoms with Gasteiger partial charge in [0.2, 0.25) is 0 Å². The van der Waals surface area contributed by atoms with Crippen LogP contribution in [-0.4, -0.2) is 48.8 Å². The molecule has 1 fully saturated rings. The SMILES string of the molecule is CC(=O)c1cccc(Nc2cc(N(C)C3CCS(=O)(=O)C3)ncn2)c1. The molecule has 0 saturated carbocycles. The van der Waals surface area contributed by atoms with Gasteiger partial charge in [0, 0.05) is 30.4 Å². The van der Waals surface area contributed by atoms with E-state index in [9.17, 15) is 13.2 Å². The number of hydrogen-bond acceptors (Lipinski definition) is 7. The standard InChI is InChI=1S/C17H20N4O3S/c1-12(22)13-4-3-5-14(8-13)20-16-9-17(19-11-18-16)21(2)15-6-7-25(23,24)10-15/h3-5,8-9,11,15H,6-7,10H2,1-2H3,(H,18,19,20). The van der Waals surface area contributed by atoms with Crippen LogP contribution in [0.25, 0.3) is 0 Å². The van der Waals surface area contributed by atoms with E-state index in [-0.39, 0.29) is 23.3 Å². The normalized spacial score (nSPS) is 18.7. The van der Waals surface area contributed by atoms with Crippen LogP contribution in [0.4, 0.5) is 17.3 Å². The summed E-state index contributed by atoms with van der Waals surface area (Å²) in [6, 6.07) is 8.86. The number of carbonyl (C=O) groups is 1. The van der Waals surface area contributed by atoms with Crippen molar-refractivity contribution in [3.05, 3.63) is 42.2 Å². The summed E-state index contributed by atoms with van der Waals surface area (Å²) >= 11 is 0. The highest BCUT2D eigenvalue weighted by Crippen LogP contribution is 2.24. The van der Waals surface area contributed by atoms with Crippen LogP contribution >= 0.6 is 0 Å². The third-order valence-electron chi connectivity index (χ3n) is 4.31. The molecule has 0 aliphatic carbocycles. The van der Waals surface area contributed by atoms with Crippen molar-refractivity contribution in [3.63, 3.8) is 0 Å². The number of hydrogen-bond donors (Lipinski definition) is 1. The van der Waals surface area contributed by atoms with Gasteiger partial charge in [0.1, 0.15) is 18.0 Å². The van der Waals surface area contributed by atoms with Gasteiger partial charge >= 0.3 is 0 Å². The Morgan fingerprint density at radius 1 is 1.28 bits per heavy atom. The second-order valence-corrected chi connectivity index (χ2v) is 8.42. The number of anilines is 3. The van der Waals surface area contributed by atoms with Crippen molar-refractivity contribution >= 4 is 32.9 Å². The minimum absolute atomic E-state index is 0.00537. The van der Waals surface area contributed by atoms with Crippen LogP contribution in [0.1, 0.15) is 23.7 Å². The fourth-order valence-electron chi connectivity index (χ4n) is 2.84. The quantitative estimate of drug-likeness (QED) is 0.816. The number of carbonyl (C=O) groups excluding carboxylic acids is 1. The maximum absolute atomic E-state index is 11.7. The summed E-state index contributed by atoms with van der Waals surface area (Å²) in [6.45, 7) is 1.52. The Bertz CT molecular complexity index is 898. The third-order valence-corrected chi connectivity index (χ3v) is 6.06. The zero-order valence-electron chi connectivity index (χ0n) is 14.1. The van der Waals surface area contributed by atoms with Gasteiger partial charge in [0.15, 0.2) is 15.6 Å². The van der Waals surface area contributed by atoms with Crippen molar-refractivity contribution in [2.24, 2.45) is 0 Å². The first kappa shape index (κ1) is 17.3. The number of nitrogens with one attached hydrogen (secondary N) is 1. The molecule has 0 amide bonds. The predicted molar refractivity (Wildman–Crippen MR) is 97.2 cm³/mol. The molecule has 7 nitrogen and oxygen atoms in total. The molecule has 1 unspecified atom stereocenters. The number of ketones is 1. The molecule has 2 aromatic rings. The molecule has 0 spiro atoms. The van der Waals surface area contributed by atoms with E-state index in [4.69, 9.17) is 0 Å². The fourth-order valence-corrected chi connectivity index (χ4v) is 4.61. The molecule has 0 bridgehead atoms. The van der Waals surface area contributed by atoms with Crippen molar-refractivity contribution in [3.8, 4) is 0 Å². The van der Waals surface area contributed by atoms with E-state index in [1.54, 1.807) is 24.3 Å². The summed E-state index contributed by atoms with van der Waals surface area (Å²) in [5.74, 6) is 1.60. The Morgan fingerprint density at radius 3 is 2.76 bits per heavy atom. The van der Waals surface area contributed by atoms with Gasteiger partial charge in [-0.05, 0) is 25.5 Å². The highest BCUT2D eigenvalue weighted by molar-refractivity contribution is 7.91. The van der Waals surface area contributed by atoms with Crippen molar-refractivity contribution in [2.45, 2.75) is 19.4 Å². The van der Waals surface area contributed by atoms with Gasteiger partial charge in [-0.1, -0.05) is 12.1 Å². The summed E-state index contributed by atoms with van der Waals surface area (Å²) in [6.07, 6.45) is 2.04. The monoisotopic (exact) mass is 360 g/mol. The van der Waals surface area contributed by atoms with Crippen molar-refractivity contribution < 1.29 is 13.2 Å². The molecule has 25 heavy (non-hydrogen) atoms. The van der Waals surface area contributed by atoms with E-state index in [0.717, 1.165) is 5.69 Å². The number of sulfone groups is 1. The molecular weight excluding hydrogens is 340 g/mol. The lowest BCUT2D eigenvalue weighted by Crippen LogP contribution is -2.33. The van der Waals surface area contributed by atoms with Crippen LogP contribution in [0.15, 0.2) is 36.7 Å². The molecule has 1 aliphatic heterocycles. The Hall–Kier alpha value is -2.48. The van der Waals surface area contributed by atoms with E-state index < -0.39 is 9.84 Å². The summed E-state index contributed by atoms with van der Waals surface area (Å²) in [7, 11) is -1.11. The lowest BCUT2D eigenvalue weighted by Gasteiger charge is -2.24. The number of nitrogens with zero attached hydrogens (tertiary/aromatic N) is 3. The number of benzene rings is 1. The molecular formula is C17H20N4O3S. The number of aromatic nitrogens is 2. The van der Waals surface area contributed by atoms with Gasteiger partial charge < -0.3 is 10.2 Å². The zero-order valence-corrected chi connectivity index (χ0v) is 15.0. The lowest BCUT2D eigenvalue weighted by molar-refractivity contribution is 0.101. The summed E-state index contributed by atoms with van der Waals surface area (Å²) in [5.41, 5.74) is 1.37. The van der Waals surface area contributed by atoms with E-state index in [1.807, 2.05) is 18.0 Å². The molecule has 132 valence electrons. The van der Waals surface area contributed by atoms with Crippen molar-refractivity contribution in [1.82, 2.24) is 9.97 Å². The second-order valence-electron chi connectivity index (χ2n) is 6.19. The molecule has 1 saturated heterocycles. The van der Waals surface area contributed by atoms with Crippen molar-refractivity contribution in [2.75, 3.05) is 28.8 Å². The molecule has 1 aromatic heterocycles. The van der Waals surface area contributed by atoms with E-state index in [0.29, 0.717) is 23.6 Å². The third kappa shape index (κ3) is 4.14. The number of Topliss-reactive ketones (excluding diaryl/α,β-unsaturated/α-hetero) is 1. The first-order valence-electron chi connectivity index (χ1n) is 7.97. The molecule has 1 atom stereocenters. The molecule has 8 heteroatoms. The lowest BCUT2D eigenvalue weighted by atomic mass is 10.1. The maximum Gasteiger partial charge on any atom is 0.159 e. The van der Waals surface area contributed by atoms with Gasteiger partial charge in [-0.2, -0.15) is 0 Å². The predicted octanol–water partition coefficient (Wildman–Crippen LogP) is 2.05. The van der Waals surface area contributed by atoms with Gasteiger partial charge in [0.05, 0.1) is 11.5 Å². The minimum atomic E-state index is -2.95. The molecule has 2 heterocycles. The Labute approximate surface area is 147 Å². The smallest absolute Gasteiger partial charge is 0.159 e. The van der Waals surface area contributed by atoms with Gasteiger partial charge in [-0.15, -0.1) is 0 Å². The molecule has 0 radical (unpaired) electrons. The van der Waals surface area contributed by atoms with Crippen LogP contribution in [0, 0.1) is 0 Å². The van der Waals surface area contributed by atoms with E-state index in [1.165, 1.54) is 13.3 Å².